The summed E-state index contributed by atoms with van der Waals surface area (Å²) in [5.41, 5.74) is -3.47. The largest absolute Gasteiger partial charge is 0.463 e. The molecular weight excluding hydrogens is 953 g/mol. The Morgan fingerprint density at radius 3 is 1.75 bits per heavy atom. The Kier molecular flexibility index (Phi) is 16.2. The molecule has 6 rings (SSSR count). The highest BCUT2D eigenvalue weighted by atomic mass is 16.7. The Balaban J connectivity index is 1.50. The average molecular weight is 1030 g/mol. The zero-order chi connectivity index (χ0) is 54.6. The van der Waals surface area contributed by atoms with Crippen molar-refractivity contribution in [3.05, 3.63) is 23.5 Å². The standard InChI is InChI=1S/C54H76O19/c1-27(65-29(3)56)24-40(62)72-46-41-35-16-17-39-51(13)25-36(66-30(4)57)45(70-34(8)61)50(11,12)38(51)18-19-53(39,15)52(35,14)21-23-54(41,22-20-49(46,9)10)48(63)73-47-44(69-33(7)60)43(68-32(6)59)42(67-31(5)58)37(71-47)26-64-28(2)55/h16,24,36-39,41-47H,17-23,25-26H2,1-15H3/b27-24+/t36-,37+,38+,39-,41+,42+,43-,44+,45+,46-,47-,51-,52+,53+,54-/m0/s1. The molecule has 4 saturated carbocycles. The molecule has 406 valence electrons. The minimum absolute atomic E-state index is 0.00423. The summed E-state index contributed by atoms with van der Waals surface area (Å²) in [7, 11) is 0. The maximum atomic E-state index is 15.8. The Bertz CT molecular complexity index is 2310. The summed E-state index contributed by atoms with van der Waals surface area (Å²) in [6, 6.07) is 0. The highest BCUT2D eigenvalue weighted by molar-refractivity contribution is 5.84. The van der Waals surface area contributed by atoms with Crippen molar-refractivity contribution in [3.63, 3.8) is 0 Å². The number of fused-ring (bicyclic) bond motifs is 7. The van der Waals surface area contributed by atoms with E-state index in [0.29, 0.717) is 25.7 Å². The molecule has 15 atom stereocenters. The Labute approximate surface area is 427 Å². The Morgan fingerprint density at radius 1 is 0.603 bits per heavy atom. The number of ether oxygens (including phenoxy) is 10. The van der Waals surface area contributed by atoms with Crippen LogP contribution < -0.4 is 0 Å². The van der Waals surface area contributed by atoms with Crippen LogP contribution in [0.25, 0.3) is 0 Å². The fourth-order valence-electron chi connectivity index (χ4n) is 14.7. The van der Waals surface area contributed by atoms with Crippen molar-refractivity contribution < 1.29 is 90.5 Å². The van der Waals surface area contributed by atoms with E-state index < -0.39 is 148 Å². The van der Waals surface area contributed by atoms with Gasteiger partial charge in [0.2, 0.25) is 12.4 Å². The molecule has 0 aromatic rings. The van der Waals surface area contributed by atoms with E-state index in [0.717, 1.165) is 52.2 Å². The lowest BCUT2D eigenvalue weighted by atomic mass is 9.33. The molecule has 0 bridgehead atoms. The molecule has 5 fully saturated rings. The van der Waals surface area contributed by atoms with Gasteiger partial charge in [-0.15, -0.1) is 0 Å². The van der Waals surface area contributed by atoms with Gasteiger partial charge in [-0.25, -0.2) is 4.79 Å². The maximum absolute atomic E-state index is 15.8. The van der Waals surface area contributed by atoms with Crippen LogP contribution in [-0.2, 0) is 90.5 Å². The van der Waals surface area contributed by atoms with Gasteiger partial charge < -0.3 is 47.4 Å². The number of rotatable bonds is 12. The minimum atomic E-state index is -1.81. The lowest BCUT2D eigenvalue weighted by Crippen LogP contribution is -2.69. The molecule has 5 aliphatic carbocycles. The van der Waals surface area contributed by atoms with Gasteiger partial charge in [0, 0.05) is 65.2 Å². The molecule has 6 aliphatic rings. The summed E-state index contributed by atoms with van der Waals surface area (Å²) in [5.74, 6) is -7.24. The predicted molar refractivity (Wildman–Crippen MR) is 254 cm³/mol. The molecule has 0 unspecified atom stereocenters. The number of hydrogen-bond acceptors (Lipinski definition) is 19. The number of allylic oxidation sites excluding steroid dienone is 2. The fraction of sp³-hybridized carbons (Fsp3) is 0.759. The number of carbonyl (C=O) groups is 9. The van der Waals surface area contributed by atoms with Gasteiger partial charge in [0.05, 0.1) is 11.5 Å². The summed E-state index contributed by atoms with van der Waals surface area (Å²) in [6.07, 6.45) is -3.31. The molecule has 0 amide bonds. The molecule has 0 radical (unpaired) electrons. The second-order valence-electron chi connectivity index (χ2n) is 23.3. The fourth-order valence-corrected chi connectivity index (χ4v) is 14.7. The molecule has 0 aromatic heterocycles. The highest BCUT2D eigenvalue weighted by Gasteiger charge is 2.73. The summed E-state index contributed by atoms with van der Waals surface area (Å²) < 4.78 is 58.7. The maximum Gasteiger partial charge on any atom is 0.334 e. The first-order valence-electron chi connectivity index (χ1n) is 25.4. The Hall–Kier alpha value is -5.33. The van der Waals surface area contributed by atoms with Crippen LogP contribution in [0.1, 0.15) is 155 Å². The molecule has 1 heterocycles. The third-order valence-corrected chi connectivity index (χ3v) is 17.7. The zero-order valence-corrected chi connectivity index (χ0v) is 45.1. The third-order valence-electron chi connectivity index (χ3n) is 17.7. The monoisotopic (exact) mass is 1030 g/mol. The molecule has 1 saturated heterocycles. The summed E-state index contributed by atoms with van der Waals surface area (Å²) in [4.78, 5) is 117. The van der Waals surface area contributed by atoms with Gasteiger partial charge in [0.15, 0.2) is 12.2 Å². The van der Waals surface area contributed by atoms with Crippen LogP contribution in [0, 0.1) is 50.2 Å². The zero-order valence-electron chi connectivity index (χ0n) is 45.1. The number of carbonyl (C=O) groups excluding carboxylic acids is 9. The van der Waals surface area contributed by atoms with Crippen molar-refractivity contribution in [3.8, 4) is 0 Å². The molecule has 1 aliphatic heterocycles. The number of hydrogen-bond donors (Lipinski definition) is 0. The van der Waals surface area contributed by atoms with Gasteiger partial charge in [-0.05, 0) is 86.4 Å². The molecule has 0 spiro atoms. The van der Waals surface area contributed by atoms with Crippen LogP contribution in [0.15, 0.2) is 23.5 Å². The quantitative estimate of drug-likeness (QED) is 0.0636. The molecular formula is C54H76O19. The van der Waals surface area contributed by atoms with Crippen LogP contribution >= 0.6 is 0 Å². The normalized spacial score (nSPS) is 38.0. The summed E-state index contributed by atoms with van der Waals surface area (Å²) in [5, 5.41) is 0. The van der Waals surface area contributed by atoms with E-state index in [1.54, 1.807) is 0 Å². The lowest BCUT2D eigenvalue weighted by molar-refractivity contribution is -0.305. The molecule has 0 aromatic carbocycles. The summed E-state index contributed by atoms with van der Waals surface area (Å²) in [6.45, 7) is 24.1. The van der Waals surface area contributed by atoms with Crippen LogP contribution in [0.4, 0.5) is 0 Å². The van der Waals surface area contributed by atoms with E-state index in [1.807, 2.05) is 13.8 Å². The van der Waals surface area contributed by atoms with Crippen molar-refractivity contribution in [2.75, 3.05) is 6.61 Å². The van der Waals surface area contributed by atoms with Crippen molar-refractivity contribution in [1.82, 2.24) is 0 Å². The molecule has 19 heteroatoms. The van der Waals surface area contributed by atoms with E-state index in [1.165, 1.54) is 27.7 Å². The molecule has 0 N–H and O–H groups in total. The highest BCUT2D eigenvalue weighted by Crippen LogP contribution is 2.76. The van der Waals surface area contributed by atoms with E-state index in [-0.39, 0.29) is 30.4 Å². The number of esters is 9. The topological polar surface area (TPSA) is 246 Å². The van der Waals surface area contributed by atoms with Crippen molar-refractivity contribution in [2.45, 2.75) is 204 Å². The first-order chi connectivity index (χ1) is 33.7. The van der Waals surface area contributed by atoms with Gasteiger partial charge >= 0.3 is 53.7 Å². The first kappa shape index (κ1) is 57.0. The van der Waals surface area contributed by atoms with Crippen LogP contribution in [0.5, 0.6) is 0 Å². The van der Waals surface area contributed by atoms with E-state index >= 15 is 4.79 Å². The average Bonchev–Trinajstić information content (AvgIpc) is 3.23. The second kappa shape index (κ2) is 20.8. The van der Waals surface area contributed by atoms with Crippen molar-refractivity contribution in [1.29, 1.82) is 0 Å². The van der Waals surface area contributed by atoms with E-state index in [4.69, 9.17) is 47.4 Å². The third kappa shape index (κ3) is 10.8. The minimum Gasteiger partial charge on any atom is -0.463 e. The van der Waals surface area contributed by atoms with E-state index in [9.17, 15) is 38.4 Å². The summed E-state index contributed by atoms with van der Waals surface area (Å²) >= 11 is 0. The lowest BCUT2D eigenvalue weighted by Gasteiger charge is -2.72. The molecule has 19 nitrogen and oxygen atoms in total. The predicted octanol–water partition coefficient (Wildman–Crippen LogP) is 6.88. The van der Waals surface area contributed by atoms with Crippen LogP contribution in [0.2, 0.25) is 0 Å². The van der Waals surface area contributed by atoms with Gasteiger partial charge in [-0.3, -0.25) is 38.4 Å². The van der Waals surface area contributed by atoms with E-state index in [2.05, 4.69) is 40.7 Å². The Morgan fingerprint density at radius 2 is 1.18 bits per heavy atom. The van der Waals surface area contributed by atoms with Crippen molar-refractivity contribution >= 4 is 53.7 Å². The SMILES string of the molecule is CC(=O)OC[C@H]1O[C@@H](OC(=O)[C@]23CCC(C)(C)[C@@H](OC(=O)/C=C(\C)OC(C)=O)[C@H]2C2=CC[C@H]4[C@@]5(C)C[C@H](OC(C)=O)[C@@H](OC(C)=O)C(C)(C)[C@H]5CC[C@@]4(C)[C@]2(C)CC3)[C@H](OC(C)=O)[C@@H](OC(C)=O)[C@@H]1OC(C)=O. The van der Waals surface area contributed by atoms with Crippen molar-refractivity contribution in [2.24, 2.45) is 50.2 Å². The molecule has 73 heavy (non-hydrogen) atoms. The van der Waals surface area contributed by atoms with Gasteiger partial charge in [0.25, 0.3) is 0 Å². The van der Waals surface area contributed by atoms with Gasteiger partial charge in [-0.1, -0.05) is 60.1 Å². The smallest absolute Gasteiger partial charge is 0.334 e. The first-order valence-corrected chi connectivity index (χ1v) is 25.4. The van der Waals surface area contributed by atoms with Gasteiger partial charge in [-0.2, -0.15) is 0 Å². The second-order valence-corrected chi connectivity index (χ2v) is 23.3. The van der Waals surface area contributed by atoms with Gasteiger partial charge in [0.1, 0.15) is 36.8 Å². The van der Waals surface area contributed by atoms with Crippen LogP contribution in [-0.4, -0.2) is 109 Å². The van der Waals surface area contributed by atoms with Crippen LogP contribution in [0.3, 0.4) is 0 Å².